The summed E-state index contributed by atoms with van der Waals surface area (Å²) in [5.74, 6) is 1.77. The third-order valence-electron chi connectivity index (χ3n) is 5.96. The zero-order chi connectivity index (χ0) is 22.1. The van der Waals surface area contributed by atoms with Gasteiger partial charge in [0.05, 0.1) is 12.0 Å². The van der Waals surface area contributed by atoms with Crippen LogP contribution in [0.2, 0.25) is 0 Å². The van der Waals surface area contributed by atoms with Crippen LogP contribution in [0.1, 0.15) is 19.8 Å². The Labute approximate surface area is 188 Å². The number of ether oxygens (including phenoxy) is 1. The number of hydrogen-bond acceptors (Lipinski definition) is 7. The molecule has 0 atom stereocenters. The predicted molar refractivity (Wildman–Crippen MR) is 123 cm³/mol. The van der Waals surface area contributed by atoms with Crippen LogP contribution in [-0.2, 0) is 4.79 Å². The summed E-state index contributed by atoms with van der Waals surface area (Å²) in [4.78, 5) is 17.9. The minimum absolute atomic E-state index is 0.132. The van der Waals surface area contributed by atoms with Crippen LogP contribution in [0, 0.1) is 5.92 Å². The second-order valence-corrected chi connectivity index (χ2v) is 8.99. The van der Waals surface area contributed by atoms with Crippen molar-refractivity contribution >= 4 is 38.3 Å². The Bertz CT molecular complexity index is 1350. The number of pyridine rings is 1. The lowest BCUT2D eigenvalue weighted by Gasteiger charge is -2.31. The fourth-order valence-electron chi connectivity index (χ4n) is 4.07. The first-order valence-electron chi connectivity index (χ1n) is 10.6. The Hall–Kier alpha value is -3.39. The standard InChI is InChI=1S/C24H23N3O4S/c1-15(28)27-7-4-16(5-8-27)14-30-18-2-3-22-19(10-18)20(26-29)11-23(31-22)21-12-24-17(13-25-21)6-9-32-24/h2-3,6,9-13,16,29H,4-5,7-8,14H2,1H3/b26-20+. The van der Waals surface area contributed by atoms with Crippen LogP contribution in [0.15, 0.2) is 57.5 Å². The maximum absolute atomic E-state index is 11.5. The predicted octanol–water partition coefficient (Wildman–Crippen LogP) is 4.64. The number of thiophene rings is 1. The number of nitrogens with zero attached hydrogens (tertiary/aromatic N) is 3. The van der Waals surface area contributed by atoms with Crippen molar-refractivity contribution in [3.63, 3.8) is 0 Å². The summed E-state index contributed by atoms with van der Waals surface area (Å²) in [6, 6.07) is 11.2. The molecule has 7 nitrogen and oxygen atoms in total. The molecule has 8 heteroatoms. The van der Waals surface area contributed by atoms with Gasteiger partial charge in [0, 0.05) is 42.4 Å². The van der Waals surface area contributed by atoms with Crippen LogP contribution in [0.3, 0.4) is 0 Å². The molecule has 1 aliphatic heterocycles. The molecular formula is C24H23N3O4S. The van der Waals surface area contributed by atoms with Crippen molar-refractivity contribution in [3.05, 3.63) is 53.3 Å². The molecule has 164 valence electrons. The molecular weight excluding hydrogens is 426 g/mol. The number of fused-ring (bicyclic) bond motifs is 2. The van der Waals surface area contributed by atoms with E-state index in [4.69, 9.17) is 9.15 Å². The average Bonchev–Trinajstić information content (AvgIpc) is 3.30. The van der Waals surface area contributed by atoms with Crippen molar-refractivity contribution in [1.29, 1.82) is 0 Å². The maximum Gasteiger partial charge on any atom is 0.219 e. The van der Waals surface area contributed by atoms with Gasteiger partial charge >= 0.3 is 0 Å². The Morgan fingerprint density at radius 3 is 2.91 bits per heavy atom. The summed E-state index contributed by atoms with van der Waals surface area (Å²) < 4.78 is 13.2. The van der Waals surface area contributed by atoms with Gasteiger partial charge in [-0.2, -0.15) is 0 Å². The number of hydrogen-bond donors (Lipinski definition) is 1. The SMILES string of the molecule is CC(=O)N1CCC(COc2ccc3oc(-c4cc5sccc5cn4)c/c(=N\O)c3c2)CC1. The molecule has 32 heavy (non-hydrogen) atoms. The summed E-state index contributed by atoms with van der Waals surface area (Å²) in [5, 5.41) is 17.3. The molecule has 0 radical (unpaired) electrons. The van der Waals surface area contributed by atoms with Gasteiger partial charge in [-0.15, -0.1) is 11.3 Å². The summed E-state index contributed by atoms with van der Waals surface area (Å²) in [6.07, 6.45) is 3.68. The number of amides is 1. The third-order valence-corrected chi connectivity index (χ3v) is 6.84. The van der Waals surface area contributed by atoms with E-state index in [0.29, 0.717) is 46.1 Å². The molecule has 1 aromatic carbocycles. The fraction of sp³-hybridized carbons (Fsp3) is 0.292. The van der Waals surface area contributed by atoms with Crippen LogP contribution in [-0.4, -0.2) is 40.7 Å². The van der Waals surface area contributed by atoms with E-state index in [1.165, 1.54) is 0 Å². The van der Waals surface area contributed by atoms with Crippen LogP contribution in [0.4, 0.5) is 0 Å². The Morgan fingerprint density at radius 2 is 2.12 bits per heavy atom. The van der Waals surface area contributed by atoms with Crippen molar-refractivity contribution in [2.75, 3.05) is 19.7 Å². The molecule has 0 bridgehead atoms. The molecule has 3 aromatic heterocycles. The highest BCUT2D eigenvalue weighted by Gasteiger charge is 2.21. The summed E-state index contributed by atoms with van der Waals surface area (Å²) in [6.45, 7) is 3.76. The number of carbonyl (C=O) groups excluding carboxylic acids is 1. The van der Waals surface area contributed by atoms with E-state index in [0.717, 1.165) is 36.0 Å². The van der Waals surface area contributed by atoms with Crippen LogP contribution < -0.4 is 10.1 Å². The molecule has 1 fully saturated rings. The van der Waals surface area contributed by atoms with Gasteiger partial charge in [-0.1, -0.05) is 5.16 Å². The largest absolute Gasteiger partial charge is 0.493 e. The highest BCUT2D eigenvalue weighted by atomic mass is 32.1. The second kappa shape index (κ2) is 8.63. The Morgan fingerprint density at radius 1 is 1.28 bits per heavy atom. The minimum Gasteiger partial charge on any atom is -0.493 e. The zero-order valence-electron chi connectivity index (χ0n) is 17.7. The topological polar surface area (TPSA) is 88.2 Å². The van der Waals surface area contributed by atoms with Gasteiger partial charge in [0.1, 0.15) is 22.4 Å². The number of rotatable bonds is 4. The molecule has 0 spiro atoms. The van der Waals surface area contributed by atoms with E-state index in [1.54, 1.807) is 24.3 Å². The van der Waals surface area contributed by atoms with Gasteiger partial charge in [-0.05, 0) is 54.5 Å². The summed E-state index contributed by atoms with van der Waals surface area (Å²) >= 11 is 1.64. The number of benzene rings is 1. The first-order valence-corrected chi connectivity index (χ1v) is 11.5. The quantitative estimate of drug-likeness (QED) is 0.362. The van der Waals surface area contributed by atoms with E-state index in [1.807, 2.05) is 46.8 Å². The molecule has 1 N–H and O–H groups in total. The molecule has 4 heterocycles. The first-order chi connectivity index (χ1) is 15.6. The number of aromatic nitrogens is 1. The van der Waals surface area contributed by atoms with Crippen molar-refractivity contribution in [2.24, 2.45) is 11.1 Å². The van der Waals surface area contributed by atoms with Crippen molar-refractivity contribution in [1.82, 2.24) is 9.88 Å². The molecule has 4 aromatic rings. The second-order valence-electron chi connectivity index (χ2n) is 8.04. The number of likely N-dealkylation sites (tertiary alicyclic amines) is 1. The lowest BCUT2D eigenvalue weighted by Crippen LogP contribution is -2.38. The zero-order valence-corrected chi connectivity index (χ0v) is 18.5. The van der Waals surface area contributed by atoms with Gasteiger partial charge in [0.2, 0.25) is 5.91 Å². The van der Waals surface area contributed by atoms with Crippen LogP contribution in [0.5, 0.6) is 5.75 Å². The van der Waals surface area contributed by atoms with E-state index < -0.39 is 0 Å². The van der Waals surface area contributed by atoms with Gasteiger partial charge in [0.25, 0.3) is 0 Å². The molecule has 0 saturated carbocycles. The third kappa shape index (κ3) is 4.05. The highest BCUT2D eigenvalue weighted by Crippen LogP contribution is 2.28. The average molecular weight is 450 g/mol. The van der Waals surface area contributed by atoms with Crippen LogP contribution >= 0.6 is 11.3 Å². The molecule has 1 saturated heterocycles. The molecule has 0 unspecified atom stereocenters. The Balaban J connectivity index is 1.37. The fourth-order valence-corrected chi connectivity index (χ4v) is 4.86. The normalized spacial score (nSPS) is 15.5. The Kier molecular flexibility index (Phi) is 5.53. The monoisotopic (exact) mass is 449 g/mol. The lowest BCUT2D eigenvalue weighted by molar-refractivity contribution is -0.130. The van der Waals surface area contributed by atoms with Crippen molar-refractivity contribution in [3.8, 4) is 17.2 Å². The molecule has 0 aliphatic carbocycles. The van der Waals surface area contributed by atoms with Crippen LogP contribution in [0.25, 0.3) is 32.5 Å². The van der Waals surface area contributed by atoms with Gasteiger partial charge in [0.15, 0.2) is 5.76 Å². The maximum atomic E-state index is 11.5. The van der Waals surface area contributed by atoms with Crippen molar-refractivity contribution < 1.29 is 19.2 Å². The summed E-state index contributed by atoms with van der Waals surface area (Å²) in [5.41, 5.74) is 1.27. The summed E-state index contributed by atoms with van der Waals surface area (Å²) in [7, 11) is 0. The smallest absolute Gasteiger partial charge is 0.219 e. The van der Waals surface area contributed by atoms with E-state index in [-0.39, 0.29) is 5.91 Å². The lowest BCUT2D eigenvalue weighted by atomic mass is 9.98. The highest BCUT2D eigenvalue weighted by molar-refractivity contribution is 7.17. The van der Waals surface area contributed by atoms with Gasteiger partial charge < -0.3 is 19.3 Å². The van der Waals surface area contributed by atoms with E-state index in [2.05, 4.69) is 10.1 Å². The minimum atomic E-state index is 0.132. The number of carbonyl (C=O) groups is 1. The first kappa shape index (κ1) is 20.5. The van der Waals surface area contributed by atoms with Gasteiger partial charge in [-0.25, -0.2) is 0 Å². The van der Waals surface area contributed by atoms with E-state index in [9.17, 15) is 10.0 Å². The van der Waals surface area contributed by atoms with Gasteiger partial charge in [-0.3, -0.25) is 9.78 Å². The number of piperidine rings is 1. The molecule has 1 aliphatic rings. The van der Waals surface area contributed by atoms with E-state index >= 15 is 0 Å². The molecule has 1 amide bonds. The molecule has 5 rings (SSSR count). The van der Waals surface area contributed by atoms with Crippen molar-refractivity contribution in [2.45, 2.75) is 19.8 Å².